The van der Waals surface area contributed by atoms with Crippen LogP contribution in [0.1, 0.15) is 16.7 Å². The van der Waals surface area contributed by atoms with Crippen LogP contribution in [0.4, 0.5) is 17.1 Å². The Morgan fingerprint density at radius 1 is 0.500 bits per heavy atom. The van der Waals surface area contributed by atoms with Crippen molar-refractivity contribution in [3.8, 4) is 0 Å². The Morgan fingerprint density at radius 3 is 1.00 bits per heavy atom. The molecule has 3 rings (SSSR count). The van der Waals surface area contributed by atoms with Gasteiger partial charge in [-0.05, 0) is 20.8 Å². The highest BCUT2D eigenvalue weighted by atomic mass is 16.0. The molecule has 1 N–H and O–H groups in total. The van der Waals surface area contributed by atoms with Crippen molar-refractivity contribution in [2.75, 3.05) is 7.05 Å². The third kappa shape index (κ3) is 2.86. The fourth-order valence-electron chi connectivity index (χ4n) is 3.58. The van der Waals surface area contributed by atoms with E-state index in [9.17, 15) is 0 Å². The molecular formula is C22H25NO. The summed E-state index contributed by atoms with van der Waals surface area (Å²) in [6.45, 7) is 6.59. The molecule has 0 atom stereocenters. The molecule has 0 heterocycles. The molecule has 0 aliphatic rings. The quantitative estimate of drug-likeness (QED) is 0.542. The molecule has 0 saturated heterocycles. The van der Waals surface area contributed by atoms with Crippen LogP contribution in [0.5, 0.6) is 0 Å². The predicted molar refractivity (Wildman–Crippen MR) is 103 cm³/mol. The molecule has 0 unspecified atom stereocenters. The van der Waals surface area contributed by atoms with Crippen molar-refractivity contribution in [2.24, 2.45) is 0 Å². The molecule has 0 bridgehead atoms. The Bertz CT molecular complexity index is 728. The second-order valence-corrected chi connectivity index (χ2v) is 6.37. The van der Waals surface area contributed by atoms with Gasteiger partial charge in [0.2, 0.25) is 0 Å². The summed E-state index contributed by atoms with van der Waals surface area (Å²) in [5, 5.41) is 0. The Labute approximate surface area is 144 Å². The number of benzene rings is 3. The summed E-state index contributed by atoms with van der Waals surface area (Å²) in [6.07, 6.45) is 0. The first-order chi connectivity index (χ1) is 11.0. The van der Waals surface area contributed by atoms with Gasteiger partial charge in [0, 0.05) is 34.9 Å². The monoisotopic (exact) mass is 319 g/mol. The van der Waals surface area contributed by atoms with Gasteiger partial charge < -0.3 is 5.48 Å². The highest BCUT2D eigenvalue weighted by molar-refractivity contribution is 5.75. The Morgan fingerprint density at radius 2 is 0.750 bits per heavy atom. The number of hydrogen-bond acceptors (Lipinski definition) is 1. The van der Waals surface area contributed by atoms with Gasteiger partial charge in [0.05, 0.1) is 7.05 Å². The van der Waals surface area contributed by atoms with Gasteiger partial charge in [-0.2, -0.15) is 0 Å². The van der Waals surface area contributed by atoms with Gasteiger partial charge in [0.25, 0.3) is 0 Å². The largest absolute Gasteiger partial charge is 0.870 e. The van der Waals surface area contributed by atoms with Crippen molar-refractivity contribution >= 4 is 17.1 Å². The zero-order valence-electron chi connectivity index (χ0n) is 14.8. The molecule has 3 aromatic carbocycles. The predicted octanol–water partition coefficient (Wildman–Crippen LogP) is 6.04. The van der Waals surface area contributed by atoms with Gasteiger partial charge in [-0.1, -0.05) is 54.6 Å². The minimum absolute atomic E-state index is 0. The molecule has 24 heavy (non-hydrogen) atoms. The molecule has 0 saturated carbocycles. The van der Waals surface area contributed by atoms with Gasteiger partial charge in [0.15, 0.2) is 0 Å². The Balaban J connectivity index is 0.00000208. The molecule has 0 radical (unpaired) electrons. The van der Waals surface area contributed by atoms with Crippen molar-refractivity contribution in [1.29, 1.82) is 0 Å². The number of aryl methyl sites for hydroxylation is 3. The lowest BCUT2D eigenvalue weighted by Crippen LogP contribution is -2.35. The SMILES string of the molecule is Cc1ccccc1[N+](C)(c1ccccc1C)c1ccccc1C.[OH-]. The topological polar surface area (TPSA) is 30.0 Å². The summed E-state index contributed by atoms with van der Waals surface area (Å²) in [6, 6.07) is 26.1. The molecule has 0 spiro atoms. The molecule has 2 heteroatoms. The van der Waals surface area contributed by atoms with Crippen molar-refractivity contribution in [1.82, 2.24) is 4.48 Å². The van der Waals surface area contributed by atoms with E-state index in [-0.39, 0.29) is 5.48 Å². The minimum atomic E-state index is 0. The number of nitrogens with zero attached hydrogens (tertiary/aromatic N) is 1. The maximum Gasteiger partial charge on any atom is 0.145 e. The van der Waals surface area contributed by atoms with Crippen LogP contribution in [0.25, 0.3) is 0 Å². The van der Waals surface area contributed by atoms with Gasteiger partial charge in [0.1, 0.15) is 17.1 Å². The lowest BCUT2D eigenvalue weighted by molar-refractivity contribution is 0.616. The lowest BCUT2D eigenvalue weighted by atomic mass is 10.0. The summed E-state index contributed by atoms with van der Waals surface area (Å²) < 4.78 is 0.687. The van der Waals surface area contributed by atoms with E-state index in [0.717, 1.165) is 0 Å². The van der Waals surface area contributed by atoms with E-state index in [1.54, 1.807) is 0 Å². The van der Waals surface area contributed by atoms with Gasteiger partial charge in [-0.3, -0.25) is 0 Å². The maximum atomic E-state index is 2.30. The minimum Gasteiger partial charge on any atom is -0.870 e. The number of rotatable bonds is 3. The second-order valence-electron chi connectivity index (χ2n) is 6.37. The van der Waals surface area contributed by atoms with Crippen LogP contribution in [-0.2, 0) is 0 Å². The highest BCUT2D eigenvalue weighted by Crippen LogP contribution is 2.45. The van der Waals surface area contributed by atoms with Gasteiger partial charge in [-0.15, -0.1) is 0 Å². The van der Waals surface area contributed by atoms with Crippen LogP contribution in [0.2, 0.25) is 0 Å². The van der Waals surface area contributed by atoms with Crippen LogP contribution in [0.3, 0.4) is 0 Å². The maximum absolute atomic E-state index is 2.30. The number of quaternary nitrogens is 1. The van der Waals surface area contributed by atoms with Crippen molar-refractivity contribution in [3.05, 3.63) is 89.5 Å². The van der Waals surface area contributed by atoms with Crippen molar-refractivity contribution in [2.45, 2.75) is 20.8 Å². The van der Waals surface area contributed by atoms with Crippen LogP contribution in [0, 0.1) is 20.8 Å². The molecule has 0 aliphatic heterocycles. The van der Waals surface area contributed by atoms with Gasteiger partial charge in [-0.25, -0.2) is 4.48 Å². The van der Waals surface area contributed by atoms with E-state index < -0.39 is 0 Å². The van der Waals surface area contributed by atoms with E-state index in [2.05, 4.69) is 101 Å². The normalized spacial score (nSPS) is 11.0. The van der Waals surface area contributed by atoms with Crippen LogP contribution in [-0.4, -0.2) is 12.5 Å². The summed E-state index contributed by atoms with van der Waals surface area (Å²) in [4.78, 5) is 0. The fraction of sp³-hybridized carbons (Fsp3) is 0.182. The van der Waals surface area contributed by atoms with Crippen molar-refractivity contribution < 1.29 is 5.48 Å². The van der Waals surface area contributed by atoms with Crippen LogP contribution >= 0.6 is 0 Å². The highest BCUT2D eigenvalue weighted by Gasteiger charge is 2.34. The zero-order valence-corrected chi connectivity index (χ0v) is 14.8. The van der Waals surface area contributed by atoms with Crippen LogP contribution < -0.4 is 4.48 Å². The molecule has 0 aliphatic carbocycles. The van der Waals surface area contributed by atoms with E-state index in [1.807, 2.05) is 0 Å². The molecule has 0 aromatic heterocycles. The first kappa shape index (κ1) is 17.9. The van der Waals surface area contributed by atoms with Crippen LogP contribution in [0.15, 0.2) is 72.8 Å². The summed E-state index contributed by atoms with van der Waals surface area (Å²) in [5.74, 6) is 0. The summed E-state index contributed by atoms with van der Waals surface area (Å²) in [5.41, 5.74) is 7.87. The molecule has 3 aromatic rings. The standard InChI is InChI=1S/C22H24N.H2O/c1-17-11-5-8-14-20(17)23(4,21-15-9-6-12-18(21)2)22-16-10-7-13-19(22)3;/h5-16H,1-4H3;1H2/q+1;/p-1. The zero-order chi connectivity index (χ0) is 16.4. The second kappa shape index (κ2) is 7.00. The molecule has 124 valence electrons. The first-order valence-electron chi connectivity index (χ1n) is 8.10. The number of para-hydroxylation sites is 3. The summed E-state index contributed by atoms with van der Waals surface area (Å²) >= 11 is 0. The van der Waals surface area contributed by atoms with E-state index in [1.165, 1.54) is 33.8 Å². The molecular weight excluding hydrogens is 294 g/mol. The average molecular weight is 319 g/mol. The van der Waals surface area contributed by atoms with Crippen molar-refractivity contribution in [3.63, 3.8) is 0 Å². The summed E-state index contributed by atoms with van der Waals surface area (Å²) in [7, 11) is 2.30. The Hall–Kier alpha value is -2.42. The average Bonchev–Trinajstić information content (AvgIpc) is 2.55. The number of hydrogen-bond donors (Lipinski definition) is 0. The van der Waals surface area contributed by atoms with Gasteiger partial charge >= 0.3 is 0 Å². The van der Waals surface area contributed by atoms with E-state index in [0.29, 0.717) is 4.48 Å². The third-order valence-electron chi connectivity index (χ3n) is 4.79. The third-order valence-corrected chi connectivity index (χ3v) is 4.79. The molecule has 2 nitrogen and oxygen atoms in total. The van der Waals surface area contributed by atoms with E-state index >= 15 is 0 Å². The molecule has 0 fully saturated rings. The molecule has 0 amide bonds. The van der Waals surface area contributed by atoms with E-state index in [4.69, 9.17) is 0 Å². The fourth-order valence-corrected chi connectivity index (χ4v) is 3.58. The first-order valence-corrected chi connectivity index (χ1v) is 8.10. The smallest absolute Gasteiger partial charge is 0.145 e. The lowest BCUT2D eigenvalue weighted by Gasteiger charge is -2.36. The Kier molecular flexibility index (Phi) is 5.23.